The van der Waals surface area contributed by atoms with Crippen LogP contribution in [0.3, 0.4) is 0 Å². The fourth-order valence-corrected chi connectivity index (χ4v) is 10.6. The van der Waals surface area contributed by atoms with Crippen LogP contribution in [-0.2, 0) is 19.1 Å². The van der Waals surface area contributed by atoms with Gasteiger partial charge in [-0.05, 0) is 74.6 Å². The number of halogens is 4. The van der Waals surface area contributed by atoms with Crippen molar-refractivity contribution in [3.05, 3.63) is 64.7 Å². The first-order chi connectivity index (χ1) is 30.0. The van der Waals surface area contributed by atoms with Crippen molar-refractivity contribution in [3.63, 3.8) is 0 Å². The highest BCUT2D eigenvalue weighted by molar-refractivity contribution is 6.32. The molecule has 15 nitrogen and oxygen atoms in total. The van der Waals surface area contributed by atoms with Crippen LogP contribution in [0.1, 0.15) is 91.4 Å². The van der Waals surface area contributed by atoms with E-state index in [4.69, 9.17) is 26.1 Å². The molecule has 3 amide bonds. The first kappa shape index (κ1) is 41.2. The number of carbonyl (C=O) groups excluding carboxylic acids is 3. The predicted octanol–water partition coefficient (Wildman–Crippen LogP) is 5.56. The fraction of sp³-hybridized carbons (Fsp3) is 0.581. The maximum atomic E-state index is 15.5. The van der Waals surface area contributed by atoms with Crippen LogP contribution in [0.25, 0.3) is 5.65 Å². The normalized spacial score (nSPS) is 28.2. The van der Waals surface area contributed by atoms with Crippen LogP contribution in [0, 0.1) is 11.8 Å². The molecule has 1 aliphatic carbocycles. The number of alkyl halides is 3. The van der Waals surface area contributed by atoms with Crippen LogP contribution in [0.15, 0.2) is 42.9 Å². The minimum absolute atomic E-state index is 0.0337. The summed E-state index contributed by atoms with van der Waals surface area (Å²) in [6.45, 7) is 5.21. The molecule has 4 aromatic rings. The van der Waals surface area contributed by atoms with Gasteiger partial charge < -0.3 is 24.6 Å². The number of likely N-dealkylation sites (tertiary alicyclic amines) is 1. The largest absolute Gasteiger partial charge is 0.375 e. The molecule has 2 N–H and O–H groups in total. The molecular formula is C43H50ClF3N10O5. The Balaban J connectivity index is 0.671. The molecule has 6 aliphatic rings. The summed E-state index contributed by atoms with van der Waals surface area (Å²) >= 11 is 6.58. The summed E-state index contributed by atoms with van der Waals surface area (Å²) in [5, 5.41) is 14.1. The van der Waals surface area contributed by atoms with Gasteiger partial charge in [0.05, 0.1) is 55.3 Å². The van der Waals surface area contributed by atoms with Gasteiger partial charge in [0.2, 0.25) is 11.8 Å². The molecule has 1 unspecified atom stereocenters. The third-order valence-electron chi connectivity index (χ3n) is 13.7. The number of ether oxygens (including phenoxy) is 2. The van der Waals surface area contributed by atoms with E-state index in [9.17, 15) is 23.2 Å². The van der Waals surface area contributed by atoms with Gasteiger partial charge in [-0.25, -0.2) is 22.7 Å². The maximum Gasteiger partial charge on any atom is 0.284 e. The average Bonchev–Trinajstić information content (AvgIpc) is 4.06. The van der Waals surface area contributed by atoms with Gasteiger partial charge in [-0.3, -0.25) is 29.3 Å². The number of amides is 3. The highest BCUT2D eigenvalue weighted by atomic mass is 35.5. The first-order valence-electron chi connectivity index (χ1n) is 21.8. The van der Waals surface area contributed by atoms with Crippen molar-refractivity contribution < 1.29 is 37.0 Å². The number of hydrogen-bond donors (Lipinski definition) is 2. The molecular weight excluding hydrogens is 829 g/mol. The summed E-state index contributed by atoms with van der Waals surface area (Å²) < 4.78 is 58.9. The van der Waals surface area contributed by atoms with Crippen LogP contribution >= 0.6 is 11.6 Å². The summed E-state index contributed by atoms with van der Waals surface area (Å²) in [5.74, 6) is -0.250. The molecule has 8 heterocycles. The van der Waals surface area contributed by atoms with Gasteiger partial charge in [-0.1, -0.05) is 17.7 Å². The average molecular weight is 879 g/mol. The van der Waals surface area contributed by atoms with Crippen molar-refractivity contribution in [2.75, 3.05) is 67.6 Å². The third kappa shape index (κ3) is 8.26. The molecule has 5 aliphatic heterocycles. The number of fused-ring (bicyclic) bond motifs is 3. The number of rotatable bonds is 12. The zero-order valence-corrected chi connectivity index (χ0v) is 34.9. The Bertz CT molecular complexity index is 2330. The smallest absolute Gasteiger partial charge is 0.284 e. The molecule has 19 heteroatoms. The standard InChI is InChI=1S/C43H50ClF3N10O5/c44-33-14-27(5-6-30(33)31-7-8-38(58)51-42(31)59)54-17-25(18-54)22-62-36-9-11-53(20-34(36)45)16-24-1-3-26(4-2-24)57-21-35(39(52-57)40(46)47)49-43(60)32-15-48-56-12-10-37(50-41(32)56)55-19-29-13-28(55)23-61-29/h5-6,10,12,14-15,21,24-26,28-29,31,34,36,40H,1-4,7-9,11,13,16-20,22-23H2,(H,49,60)(H,51,58,59)/t24?,26?,28-,29-,31?,34+,36+/m1/s1. The van der Waals surface area contributed by atoms with Gasteiger partial charge in [-0.2, -0.15) is 10.2 Å². The Hall–Kier alpha value is -4.78. The molecule has 5 saturated heterocycles. The monoisotopic (exact) mass is 878 g/mol. The van der Waals surface area contributed by atoms with Crippen LogP contribution in [0.4, 0.5) is 30.4 Å². The van der Waals surface area contributed by atoms with Crippen molar-refractivity contribution in [3.8, 4) is 0 Å². The van der Waals surface area contributed by atoms with E-state index < -0.39 is 36.2 Å². The molecule has 10 rings (SSSR count). The highest BCUT2D eigenvalue weighted by Crippen LogP contribution is 2.38. The molecule has 0 radical (unpaired) electrons. The Morgan fingerprint density at radius 1 is 1.03 bits per heavy atom. The molecule has 62 heavy (non-hydrogen) atoms. The van der Waals surface area contributed by atoms with Gasteiger partial charge in [0.15, 0.2) is 11.3 Å². The van der Waals surface area contributed by atoms with Gasteiger partial charge in [-0.15, -0.1) is 0 Å². The number of nitrogens with one attached hydrogen (secondary N) is 2. The first-order valence-corrected chi connectivity index (χ1v) is 22.2. The summed E-state index contributed by atoms with van der Waals surface area (Å²) in [5.41, 5.74) is 1.69. The third-order valence-corrected chi connectivity index (χ3v) is 14.1. The molecule has 1 aromatic carbocycles. The second kappa shape index (κ2) is 17.1. The second-order valence-corrected chi connectivity index (χ2v) is 18.3. The highest BCUT2D eigenvalue weighted by Gasteiger charge is 2.40. The van der Waals surface area contributed by atoms with Gasteiger partial charge in [0, 0.05) is 74.7 Å². The molecule has 1 saturated carbocycles. The van der Waals surface area contributed by atoms with E-state index in [0.717, 1.165) is 81.9 Å². The predicted molar refractivity (Wildman–Crippen MR) is 223 cm³/mol. The minimum atomic E-state index is -2.88. The van der Waals surface area contributed by atoms with E-state index in [1.54, 1.807) is 10.9 Å². The number of hydrogen-bond acceptors (Lipinski definition) is 11. The summed E-state index contributed by atoms with van der Waals surface area (Å²) in [6.07, 6.45) is 5.87. The van der Waals surface area contributed by atoms with Crippen LogP contribution in [0.5, 0.6) is 0 Å². The second-order valence-electron chi connectivity index (χ2n) is 17.9. The van der Waals surface area contributed by atoms with Crippen molar-refractivity contribution in [1.29, 1.82) is 0 Å². The lowest BCUT2D eigenvalue weighted by atomic mass is 9.85. The Morgan fingerprint density at radius 2 is 1.87 bits per heavy atom. The van der Waals surface area contributed by atoms with Crippen LogP contribution in [0.2, 0.25) is 5.02 Å². The molecule has 2 bridgehead atoms. The van der Waals surface area contributed by atoms with Gasteiger partial charge in [0.1, 0.15) is 17.6 Å². The van der Waals surface area contributed by atoms with E-state index in [1.807, 2.05) is 24.3 Å². The zero-order valence-electron chi connectivity index (χ0n) is 34.2. The van der Waals surface area contributed by atoms with E-state index in [0.29, 0.717) is 55.6 Å². The van der Waals surface area contributed by atoms with Crippen molar-refractivity contribution >= 4 is 52.2 Å². The van der Waals surface area contributed by atoms with Crippen LogP contribution in [-0.4, -0.2) is 124 Å². The Labute approximate surface area is 361 Å². The number of imide groups is 1. The zero-order chi connectivity index (χ0) is 42.6. The molecule has 0 spiro atoms. The van der Waals surface area contributed by atoms with Gasteiger partial charge in [0.25, 0.3) is 12.3 Å². The number of aromatic nitrogens is 5. The van der Waals surface area contributed by atoms with E-state index in [2.05, 4.69) is 35.5 Å². The number of piperidine rings is 2. The number of anilines is 3. The maximum absolute atomic E-state index is 15.5. The summed E-state index contributed by atoms with van der Waals surface area (Å²) in [6, 6.07) is 7.67. The lowest BCUT2D eigenvalue weighted by Crippen LogP contribution is -2.51. The lowest BCUT2D eigenvalue weighted by molar-refractivity contribution is -0.134. The topological polar surface area (TPSA) is 151 Å². The Morgan fingerprint density at radius 3 is 2.60 bits per heavy atom. The van der Waals surface area contributed by atoms with Crippen LogP contribution < -0.4 is 20.4 Å². The number of morpholine rings is 1. The molecule has 5 atom stereocenters. The van der Waals surface area contributed by atoms with Crippen molar-refractivity contribution in [2.45, 2.75) is 94.2 Å². The molecule has 6 fully saturated rings. The Kier molecular flexibility index (Phi) is 11.4. The number of benzene rings is 1. The minimum Gasteiger partial charge on any atom is -0.375 e. The SMILES string of the molecule is O=C1CCC(c2ccc(N3CC(CO[C@H]4CCN(CC5CCC(n6cc(NC(=O)c7cnn8ccc(N9C[C@H]%10C[C@@H]9CO%10)nc78)c(C(F)F)n6)CC5)C[C@@H]4F)C3)cc2Cl)C(=O)N1. The molecule has 3 aromatic heterocycles. The van der Waals surface area contributed by atoms with Crippen molar-refractivity contribution in [1.82, 2.24) is 34.6 Å². The lowest BCUT2D eigenvalue weighted by Gasteiger charge is -2.43. The van der Waals surface area contributed by atoms with E-state index in [-0.39, 0.29) is 47.2 Å². The quantitative estimate of drug-likeness (QED) is 0.172. The van der Waals surface area contributed by atoms with Gasteiger partial charge >= 0.3 is 0 Å². The number of nitrogens with zero attached hydrogens (tertiary/aromatic N) is 8. The summed E-state index contributed by atoms with van der Waals surface area (Å²) in [4.78, 5) is 48.7. The number of carbonyl (C=O) groups is 3. The van der Waals surface area contributed by atoms with E-state index >= 15 is 4.39 Å². The van der Waals surface area contributed by atoms with Crippen molar-refractivity contribution in [2.24, 2.45) is 11.8 Å². The summed E-state index contributed by atoms with van der Waals surface area (Å²) in [7, 11) is 0. The van der Waals surface area contributed by atoms with E-state index in [1.165, 1.54) is 16.9 Å². The fourth-order valence-electron chi connectivity index (χ4n) is 10.3. The molecule has 330 valence electrons.